The first-order chi connectivity index (χ1) is 4.33. The van der Waals surface area contributed by atoms with Gasteiger partial charge in [-0.2, -0.15) is 0 Å². The predicted octanol–water partition coefficient (Wildman–Crippen LogP) is 0.519. The van der Waals surface area contributed by atoms with Crippen LogP contribution in [0.1, 0.15) is 0 Å². The zero-order valence-electron chi connectivity index (χ0n) is 5.42. The zero-order valence-corrected chi connectivity index (χ0v) is 5.42. The van der Waals surface area contributed by atoms with Crippen molar-refractivity contribution in [3.8, 4) is 0 Å². The smallest absolute Gasteiger partial charge is 0.272 e. The SMILES string of the molecule is C=C1OCC(COC)O1. The van der Waals surface area contributed by atoms with Crippen LogP contribution in [-0.2, 0) is 14.2 Å². The van der Waals surface area contributed by atoms with E-state index in [2.05, 4.69) is 6.58 Å². The third-order valence-electron chi connectivity index (χ3n) is 1.08. The lowest BCUT2D eigenvalue weighted by molar-refractivity contribution is 0.0680. The molecule has 0 bridgehead atoms. The molecule has 1 unspecified atom stereocenters. The number of ether oxygens (including phenoxy) is 3. The molecular formula is C6H10O3. The molecule has 0 spiro atoms. The molecule has 1 aliphatic heterocycles. The molecule has 0 aliphatic carbocycles. The molecule has 9 heavy (non-hydrogen) atoms. The number of hydrogen-bond donors (Lipinski definition) is 0. The van der Waals surface area contributed by atoms with Gasteiger partial charge < -0.3 is 14.2 Å². The van der Waals surface area contributed by atoms with E-state index in [1.165, 1.54) is 0 Å². The molecular weight excluding hydrogens is 120 g/mol. The van der Waals surface area contributed by atoms with E-state index in [4.69, 9.17) is 14.2 Å². The van der Waals surface area contributed by atoms with Crippen LogP contribution in [0.4, 0.5) is 0 Å². The van der Waals surface area contributed by atoms with Crippen LogP contribution in [0.15, 0.2) is 12.5 Å². The van der Waals surface area contributed by atoms with Crippen molar-refractivity contribution in [3.05, 3.63) is 12.5 Å². The average Bonchev–Trinajstić information content (AvgIpc) is 2.17. The lowest BCUT2D eigenvalue weighted by Gasteiger charge is -2.03. The fourth-order valence-corrected chi connectivity index (χ4v) is 0.708. The van der Waals surface area contributed by atoms with Crippen LogP contribution in [0.25, 0.3) is 0 Å². The first-order valence-electron chi connectivity index (χ1n) is 2.80. The van der Waals surface area contributed by atoms with E-state index in [1.54, 1.807) is 7.11 Å². The number of methoxy groups -OCH3 is 1. The van der Waals surface area contributed by atoms with Crippen molar-refractivity contribution >= 4 is 0 Å². The van der Waals surface area contributed by atoms with Crippen LogP contribution in [0.5, 0.6) is 0 Å². The molecule has 3 nitrogen and oxygen atoms in total. The minimum absolute atomic E-state index is 0.0440. The summed E-state index contributed by atoms with van der Waals surface area (Å²) in [4.78, 5) is 0. The normalized spacial score (nSPS) is 25.4. The highest BCUT2D eigenvalue weighted by Gasteiger charge is 2.19. The van der Waals surface area contributed by atoms with Crippen molar-refractivity contribution in [3.63, 3.8) is 0 Å². The lowest BCUT2D eigenvalue weighted by Crippen LogP contribution is -2.15. The maximum Gasteiger partial charge on any atom is 0.272 e. The second-order valence-electron chi connectivity index (χ2n) is 1.88. The van der Waals surface area contributed by atoms with E-state index in [9.17, 15) is 0 Å². The van der Waals surface area contributed by atoms with Gasteiger partial charge in [-0.3, -0.25) is 0 Å². The Morgan fingerprint density at radius 2 is 2.67 bits per heavy atom. The Hall–Kier alpha value is -0.700. The number of hydrogen-bond acceptors (Lipinski definition) is 3. The summed E-state index contributed by atoms with van der Waals surface area (Å²) < 4.78 is 14.8. The van der Waals surface area contributed by atoms with Gasteiger partial charge >= 0.3 is 0 Å². The molecule has 1 aliphatic rings. The first kappa shape index (κ1) is 6.42. The molecule has 1 heterocycles. The third kappa shape index (κ3) is 1.61. The molecule has 0 radical (unpaired) electrons. The molecule has 1 saturated heterocycles. The molecule has 0 aromatic heterocycles. The molecule has 0 aromatic carbocycles. The Bertz CT molecular complexity index is 111. The van der Waals surface area contributed by atoms with E-state index < -0.39 is 0 Å². The highest BCUT2D eigenvalue weighted by Crippen LogP contribution is 2.12. The van der Waals surface area contributed by atoms with Gasteiger partial charge in [0, 0.05) is 7.11 Å². The van der Waals surface area contributed by atoms with Crippen molar-refractivity contribution < 1.29 is 14.2 Å². The largest absolute Gasteiger partial charge is 0.462 e. The van der Waals surface area contributed by atoms with Crippen LogP contribution in [0.2, 0.25) is 0 Å². The summed E-state index contributed by atoms with van der Waals surface area (Å²) in [5.74, 6) is 0.400. The third-order valence-corrected chi connectivity index (χ3v) is 1.08. The molecule has 0 N–H and O–H groups in total. The number of rotatable bonds is 2. The van der Waals surface area contributed by atoms with E-state index >= 15 is 0 Å². The van der Waals surface area contributed by atoms with Gasteiger partial charge in [0.1, 0.15) is 6.61 Å². The summed E-state index contributed by atoms with van der Waals surface area (Å²) >= 11 is 0. The van der Waals surface area contributed by atoms with E-state index in [0.717, 1.165) is 0 Å². The highest BCUT2D eigenvalue weighted by molar-refractivity contribution is 4.78. The molecule has 0 amide bonds. The summed E-state index contributed by atoms with van der Waals surface area (Å²) in [5.41, 5.74) is 0. The van der Waals surface area contributed by atoms with Crippen LogP contribution < -0.4 is 0 Å². The molecule has 52 valence electrons. The highest BCUT2D eigenvalue weighted by atomic mass is 16.7. The maximum atomic E-state index is 5.06. The van der Waals surface area contributed by atoms with Crippen molar-refractivity contribution in [2.75, 3.05) is 20.3 Å². The molecule has 0 saturated carbocycles. The molecule has 1 fully saturated rings. The minimum Gasteiger partial charge on any atom is -0.462 e. The second kappa shape index (κ2) is 2.73. The second-order valence-corrected chi connectivity index (χ2v) is 1.88. The molecule has 1 rings (SSSR count). The van der Waals surface area contributed by atoms with Gasteiger partial charge in [0.2, 0.25) is 0 Å². The first-order valence-corrected chi connectivity index (χ1v) is 2.80. The monoisotopic (exact) mass is 130 g/mol. The Kier molecular flexibility index (Phi) is 1.95. The zero-order chi connectivity index (χ0) is 6.69. The van der Waals surface area contributed by atoms with Gasteiger partial charge in [-0.25, -0.2) is 0 Å². The van der Waals surface area contributed by atoms with Crippen LogP contribution in [0.3, 0.4) is 0 Å². The summed E-state index contributed by atoms with van der Waals surface area (Å²) in [6.45, 7) is 4.62. The van der Waals surface area contributed by atoms with E-state index in [1.807, 2.05) is 0 Å². The average molecular weight is 130 g/mol. The van der Waals surface area contributed by atoms with Crippen molar-refractivity contribution in [1.82, 2.24) is 0 Å². The molecule has 1 atom stereocenters. The van der Waals surface area contributed by atoms with Crippen LogP contribution >= 0.6 is 0 Å². The molecule has 3 heteroatoms. The lowest BCUT2D eigenvalue weighted by atomic mass is 10.4. The van der Waals surface area contributed by atoms with Gasteiger partial charge in [0.05, 0.1) is 6.61 Å². The van der Waals surface area contributed by atoms with Gasteiger partial charge in [0.25, 0.3) is 5.95 Å². The quantitative estimate of drug-likeness (QED) is 0.545. The Morgan fingerprint density at radius 3 is 3.11 bits per heavy atom. The van der Waals surface area contributed by atoms with Crippen molar-refractivity contribution in [2.24, 2.45) is 0 Å². The molecule has 0 aromatic rings. The summed E-state index contributed by atoms with van der Waals surface area (Å²) in [5, 5.41) is 0. The van der Waals surface area contributed by atoms with Crippen molar-refractivity contribution in [1.29, 1.82) is 0 Å². The Balaban J connectivity index is 2.22. The fourth-order valence-electron chi connectivity index (χ4n) is 0.708. The van der Waals surface area contributed by atoms with E-state index in [-0.39, 0.29) is 6.10 Å². The van der Waals surface area contributed by atoms with E-state index in [0.29, 0.717) is 19.2 Å². The summed E-state index contributed by atoms with van der Waals surface area (Å²) in [7, 11) is 1.63. The van der Waals surface area contributed by atoms with Crippen LogP contribution in [0, 0.1) is 0 Å². The Labute approximate surface area is 54.2 Å². The maximum absolute atomic E-state index is 5.06. The van der Waals surface area contributed by atoms with Gasteiger partial charge in [-0.15, -0.1) is 0 Å². The summed E-state index contributed by atoms with van der Waals surface area (Å²) in [6.07, 6.45) is 0.0440. The van der Waals surface area contributed by atoms with Gasteiger partial charge in [0.15, 0.2) is 6.10 Å². The van der Waals surface area contributed by atoms with Gasteiger partial charge in [-0.1, -0.05) is 0 Å². The fraction of sp³-hybridized carbons (Fsp3) is 0.667. The topological polar surface area (TPSA) is 27.7 Å². The Morgan fingerprint density at radius 1 is 1.89 bits per heavy atom. The predicted molar refractivity (Wildman–Crippen MR) is 31.8 cm³/mol. The standard InChI is InChI=1S/C6H10O3/c1-5-8-4-6(9-5)3-7-2/h6H,1,3-4H2,2H3. The van der Waals surface area contributed by atoms with Crippen molar-refractivity contribution in [2.45, 2.75) is 6.10 Å². The summed E-state index contributed by atoms with van der Waals surface area (Å²) in [6, 6.07) is 0. The van der Waals surface area contributed by atoms with Gasteiger partial charge in [-0.05, 0) is 6.58 Å². The minimum atomic E-state index is 0.0440. The van der Waals surface area contributed by atoms with Crippen LogP contribution in [-0.4, -0.2) is 26.4 Å².